The molecule has 0 N–H and O–H groups in total. The van der Waals surface area contributed by atoms with E-state index in [1.165, 1.54) is 13.8 Å². The third kappa shape index (κ3) is 2.46. The number of carbonyl (C=O) groups is 3. The smallest absolute Gasteiger partial charge is 0.303 e. The first-order valence-corrected chi connectivity index (χ1v) is 8.56. The summed E-state index contributed by atoms with van der Waals surface area (Å²) < 4.78 is 16.5. The Kier molecular flexibility index (Phi) is 3.83. The number of fused-ring (bicyclic) bond motifs is 1. The largest absolute Gasteiger partial charge is 0.459 e. The van der Waals surface area contributed by atoms with E-state index in [9.17, 15) is 14.4 Å². The number of ketones is 1. The molecule has 0 amide bonds. The number of carbonyl (C=O) groups excluding carboxylic acids is 3. The predicted octanol–water partition coefficient (Wildman–Crippen LogP) is 2.03. The van der Waals surface area contributed by atoms with Crippen LogP contribution in [0.2, 0.25) is 0 Å². The SMILES string of the molecule is CC(=O)O[C@@H]1C[C@]2(C)C(=O)[C@@]3(CC[C@H]2C(C)(C)[C@H]1OC(C)=O)CO3. The van der Waals surface area contributed by atoms with E-state index in [1.54, 1.807) is 0 Å². The minimum atomic E-state index is -0.644. The quantitative estimate of drug-likeness (QED) is 0.566. The average Bonchev–Trinajstić information content (AvgIpc) is 3.20. The minimum Gasteiger partial charge on any atom is -0.459 e. The normalized spacial score (nSPS) is 43.0. The van der Waals surface area contributed by atoms with E-state index in [-0.39, 0.29) is 11.7 Å². The molecule has 1 saturated heterocycles. The van der Waals surface area contributed by atoms with Crippen molar-refractivity contribution in [3.8, 4) is 0 Å². The van der Waals surface area contributed by atoms with Crippen LogP contribution in [0.3, 0.4) is 0 Å². The number of ether oxygens (including phenoxy) is 3. The van der Waals surface area contributed by atoms with Gasteiger partial charge in [0.2, 0.25) is 0 Å². The van der Waals surface area contributed by atoms with Crippen LogP contribution in [0.15, 0.2) is 0 Å². The van der Waals surface area contributed by atoms with Crippen molar-refractivity contribution in [1.29, 1.82) is 0 Å². The molecule has 134 valence electrons. The summed E-state index contributed by atoms with van der Waals surface area (Å²) in [4.78, 5) is 36.3. The molecule has 0 unspecified atom stereocenters. The Bertz CT molecular complexity index is 590. The Morgan fingerprint density at radius 1 is 1.12 bits per heavy atom. The van der Waals surface area contributed by atoms with Crippen molar-refractivity contribution in [2.75, 3.05) is 6.61 Å². The lowest BCUT2D eigenvalue weighted by Gasteiger charge is -2.57. The Hall–Kier alpha value is -1.43. The highest BCUT2D eigenvalue weighted by molar-refractivity contribution is 5.96. The monoisotopic (exact) mass is 338 g/mol. The van der Waals surface area contributed by atoms with Gasteiger partial charge in [0.25, 0.3) is 0 Å². The van der Waals surface area contributed by atoms with Crippen LogP contribution in [0.5, 0.6) is 0 Å². The van der Waals surface area contributed by atoms with Crippen molar-refractivity contribution in [2.45, 2.75) is 71.7 Å². The average molecular weight is 338 g/mol. The molecule has 0 aromatic heterocycles. The van der Waals surface area contributed by atoms with E-state index in [0.29, 0.717) is 19.4 Å². The fourth-order valence-electron chi connectivity index (χ4n) is 5.20. The minimum absolute atomic E-state index is 0.0449. The summed E-state index contributed by atoms with van der Waals surface area (Å²) in [5.41, 5.74) is -1.75. The molecule has 1 spiro atoms. The van der Waals surface area contributed by atoms with E-state index in [2.05, 4.69) is 0 Å². The molecule has 5 atom stereocenters. The first kappa shape index (κ1) is 17.4. The molecule has 0 aromatic rings. The number of Topliss-reactive ketones (excluding diaryl/α,β-unsaturated/α-hetero) is 1. The zero-order valence-electron chi connectivity index (χ0n) is 15.0. The molecule has 1 heterocycles. The van der Waals surface area contributed by atoms with Gasteiger partial charge in [-0.1, -0.05) is 20.8 Å². The standard InChI is InChI=1S/C18H26O6/c1-10(19)23-12-8-17(5)13(6-7-18(9-22-18)15(17)21)16(3,4)14(12)24-11(2)20/h12-14H,6-9H2,1-5H3/t12-,13+,14+,17+,18-/m1/s1. The van der Waals surface area contributed by atoms with Gasteiger partial charge in [-0.2, -0.15) is 0 Å². The highest BCUT2D eigenvalue weighted by atomic mass is 16.6. The number of rotatable bonds is 2. The van der Waals surface area contributed by atoms with Crippen LogP contribution in [0.1, 0.15) is 53.9 Å². The van der Waals surface area contributed by atoms with Gasteiger partial charge in [-0.05, 0) is 18.8 Å². The van der Waals surface area contributed by atoms with Crippen LogP contribution in [0, 0.1) is 16.7 Å². The van der Waals surface area contributed by atoms with E-state index in [4.69, 9.17) is 14.2 Å². The third-order valence-electron chi connectivity index (χ3n) is 6.24. The fourth-order valence-corrected chi connectivity index (χ4v) is 5.20. The van der Waals surface area contributed by atoms with Gasteiger partial charge in [0.1, 0.15) is 12.2 Å². The molecule has 3 aliphatic rings. The lowest BCUT2D eigenvalue weighted by Crippen LogP contribution is -2.64. The maximum Gasteiger partial charge on any atom is 0.303 e. The zero-order chi connectivity index (χ0) is 17.9. The van der Waals surface area contributed by atoms with Crippen molar-refractivity contribution >= 4 is 17.7 Å². The van der Waals surface area contributed by atoms with Crippen molar-refractivity contribution < 1.29 is 28.6 Å². The van der Waals surface area contributed by atoms with E-state index >= 15 is 0 Å². The van der Waals surface area contributed by atoms with Crippen LogP contribution in [-0.4, -0.2) is 42.1 Å². The van der Waals surface area contributed by atoms with E-state index in [1.807, 2.05) is 20.8 Å². The summed E-state index contributed by atoms with van der Waals surface area (Å²) in [5.74, 6) is -0.685. The summed E-state index contributed by atoms with van der Waals surface area (Å²) in [5, 5.41) is 0. The van der Waals surface area contributed by atoms with Gasteiger partial charge in [0.05, 0.1) is 6.61 Å². The molecule has 3 fully saturated rings. The van der Waals surface area contributed by atoms with Crippen molar-refractivity contribution in [3.63, 3.8) is 0 Å². The number of epoxide rings is 1. The Balaban J connectivity index is 1.99. The molecule has 2 aliphatic carbocycles. The van der Waals surface area contributed by atoms with Gasteiger partial charge in [0.15, 0.2) is 11.4 Å². The summed E-state index contributed by atoms with van der Waals surface area (Å²) in [6.07, 6.45) is 0.725. The van der Waals surface area contributed by atoms with Gasteiger partial charge in [-0.25, -0.2) is 0 Å². The van der Waals surface area contributed by atoms with Gasteiger partial charge >= 0.3 is 11.9 Å². The third-order valence-corrected chi connectivity index (χ3v) is 6.24. The van der Waals surface area contributed by atoms with Gasteiger partial charge in [-0.3, -0.25) is 14.4 Å². The number of hydrogen-bond acceptors (Lipinski definition) is 6. The van der Waals surface area contributed by atoms with E-state index < -0.39 is 40.6 Å². The van der Waals surface area contributed by atoms with Gasteiger partial charge in [-0.15, -0.1) is 0 Å². The van der Waals surface area contributed by atoms with Crippen LogP contribution in [-0.2, 0) is 28.6 Å². The predicted molar refractivity (Wildman–Crippen MR) is 84.0 cm³/mol. The summed E-state index contributed by atoms with van der Waals surface area (Å²) >= 11 is 0. The van der Waals surface area contributed by atoms with Crippen molar-refractivity contribution in [2.24, 2.45) is 16.7 Å². The second-order valence-electron chi connectivity index (χ2n) is 8.32. The lowest BCUT2D eigenvalue weighted by atomic mass is 9.48. The number of esters is 2. The van der Waals surface area contributed by atoms with Crippen molar-refractivity contribution in [3.05, 3.63) is 0 Å². The first-order valence-electron chi connectivity index (χ1n) is 8.56. The van der Waals surface area contributed by atoms with Gasteiger partial charge in [0, 0.05) is 31.1 Å². The maximum atomic E-state index is 13.1. The lowest BCUT2D eigenvalue weighted by molar-refractivity contribution is -0.212. The van der Waals surface area contributed by atoms with Crippen LogP contribution in [0.25, 0.3) is 0 Å². The Morgan fingerprint density at radius 2 is 1.71 bits per heavy atom. The molecule has 1 aliphatic heterocycles. The van der Waals surface area contributed by atoms with Crippen LogP contribution < -0.4 is 0 Å². The summed E-state index contributed by atoms with van der Waals surface area (Å²) in [6, 6.07) is 0. The maximum absolute atomic E-state index is 13.1. The highest BCUT2D eigenvalue weighted by Gasteiger charge is 2.69. The summed E-state index contributed by atoms with van der Waals surface area (Å²) in [6.45, 7) is 9.12. The number of hydrogen-bond donors (Lipinski definition) is 0. The molecule has 24 heavy (non-hydrogen) atoms. The Labute approximate surface area is 142 Å². The molecule has 6 heteroatoms. The molecular formula is C18H26O6. The summed E-state index contributed by atoms with van der Waals surface area (Å²) in [7, 11) is 0. The Morgan fingerprint density at radius 3 is 2.21 bits per heavy atom. The molecule has 0 radical (unpaired) electrons. The van der Waals surface area contributed by atoms with Gasteiger partial charge < -0.3 is 14.2 Å². The molecule has 0 aromatic carbocycles. The molecule has 3 rings (SSSR count). The topological polar surface area (TPSA) is 82.2 Å². The highest BCUT2D eigenvalue weighted by Crippen LogP contribution is 2.61. The molecule has 0 bridgehead atoms. The molecular weight excluding hydrogens is 312 g/mol. The second-order valence-corrected chi connectivity index (χ2v) is 8.32. The van der Waals surface area contributed by atoms with Crippen LogP contribution in [0.4, 0.5) is 0 Å². The van der Waals surface area contributed by atoms with E-state index in [0.717, 1.165) is 6.42 Å². The molecule has 6 nitrogen and oxygen atoms in total. The van der Waals surface area contributed by atoms with Crippen molar-refractivity contribution in [1.82, 2.24) is 0 Å². The first-order chi connectivity index (χ1) is 11.0. The van der Waals surface area contributed by atoms with Crippen LogP contribution >= 0.6 is 0 Å². The zero-order valence-corrected chi connectivity index (χ0v) is 15.0. The second kappa shape index (κ2) is 5.28. The molecule has 2 saturated carbocycles. The fraction of sp³-hybridized carbons (Fsp3) is 0.833.